The van der Waals surface area contributed by atoms with E-state index in [4.69, 9.17) is 7.85 Å². The summed E-state index contributed by atoms with van der Waals surface area (Å²) in [7, 11) is 7.45. The number of likely N-dealkylation sites (N-methyl/N-ethyl adjacent to an activating group) is 1. The predicted octanol–water partition coefficient (Wildman–Crippen LogP) is 2.30. The maximum absolute atomic E-state index is 5.46. The van der Waals surface area contributed by atoms with Crippen LogP contribution >= 0.6 is 0 Å². The van der Waals surface area contributed by atoms with Crippen molar-refractivity contribution in [1.82, 2.24) is 5.32 Å². The van der Waals surface area contributed by atoms with Crippen LogP contribution in [-0.2, 0) is 0 Å². The molecule has 0 aromatic carbocycles. The molecule has 1 N–H and O–H groups in total. The van der Waals surface area contributed by atoms with E-state index in [0.717, 1.165) is 6.42 Å². The van der Waals surface area contributed by atoms with Gasteiger partial charge in [0.15, 0.2) is 0 Å². The van der Waals surface area contributed by atoms with Gasteiger partial charge in [0.1, 0.15) is 0 Å². The molecule has 12 heavy (non-hydrogen) atoms. The molecule has 68 valence electrons. The van der Waals surface area contributed by atoms with Gasteiger partial charge >= 0.3 is 0 Å². The first-order valence-electron chi connectivity index (χ1n) is 4.81. The van der Waals surface area contributed by atoms with E-state index in [2.05, 4.69) is 18.8 Å². The third-order valence-corrected chi connectivity index (χ3v) is 2.15. The van der Waals surface area contributed by atoms with Crippen LogP contribution in [0.3, 0.4) is 0 Å². The first kappa shape index (κ1) is 11.8. The van der Waals surface area contributed by atoms with E-state index >= 15 is 0 Å². The van der Waals surface area contributed by atoms with Crippen molar-refractivity contribution in [1.29, 1.82) is 0 Å². The van der Waals surface area contributed by atoms with E-state index in [1.807, 2.05) is 7.05 Å². The van der Waals surface area contributed by atoms with Gasteiger partial charge in [0, 0.05) is 6.04 Å². The zero-order chi connectivity index (χ0) is 9.40. The molecule has 0 aliphatic rings. The van der Waals surface area contributed by atoms with Gasteiger partial charge in [-0.3, -0.25) is 0 Å². The molecular weight excluding hydrogens is 145 g/mol. The quantitative estimate of drug-likeness (QED) is 0.450. The minimum atomic E-state index is 0.466. The molecule has 0 amide bonds. The third kappa shape index (κ3) is 4.60. The van der Waals surface area contributed by atoms with Crippen LogP contribution in [0, 0.1) is 0 Å². The van der Waals surface area contributed by atoms with Gasteiger partial charge in [-0.2, -0.15) is 0 Å². The second-order valence-corrected chi connectivity index (χ2v) is 3.18. The fraction of sp³-hybridized carbons (Fsp3) is 0.800. The average Bonchev–Trinajstić information content (AvgIpc) is 2.06. The minimum Gasteiger partial charge on any atom is -0.313 e. The average molecular weight is 165 g/mol. The second kappa shape index (κ2) is 7.42. The summed E-state index contributed by atoms with van der Waals surface area (Å²) < 4.78 is 0. The van der Waals surface area contributed by atoms with Crippen LogP contribution in [0.25, 0.3) is 0 Å². The first-order chi connectivity index (χ1) is 5.76. The number of hydrogen-bond acceptors (Lipinski definition) is 1. The Morgan fingerprint density at radius 3 is 2.67 bits per heavy atom. The highest BCUT2D eigenvalue weighted by Crippen LogP contribution is 2.12. The molecule has 0 bridgehead atoms. The smallest absolute Gasteiger partial charge is 0.0657 e. The van der Waals surface area contributed by atoms with Crippen molar-refractivity contribution in [2.75, 3.05) is 7.05 Å². The van der Waals surface area contributed by atoms with Gasteiger partial charge in [-0.15, -0.1) is 0 Å². The van der Waals surface area contributed by atoms with Gasteiger partial charge in [0.25, 0.3) is 0 Å². The summed E-state index contributed by atoms with van der Waals surface area (Å²) in [5, 5.41) is 3.27. The molecule has 0 heterocycles. The molecule has 0 aromatic rings. The number of unbranched alkanes of at least 4 members (excludes halogenated alkanes) is 1. The van der Waals surface area contributed by atoms with Crippen LogP contribution in [0.2, 0.25) is 6.32 Å². The number of hydrogen-bond donors (Lipinski definition) is 1. The van der Waals surface area contributed by atoms with Crippen LogP contribution in [0.1, 0.15) is 32.6 Å². The Labute approximate surface area is 78.0 Å². The summed E-state index contributed by atoms with van der Waals surface area (Å²) in [6, 6.07) is 0.466. The maximum Gasteiger partial charge on any atom is 0.0657 e. The molecule has 1 atom stereocenters. The summed E-state index contributed by atoms with van der Waals surface area (Å²) >= 11 is 0. The van der Waals surface area contributed by atoms with Crippen LogP contribution in [0.5, 0.6) is 0 Å². The van der Waals surface area contributed by atoms with Crippen molar-refractivity contribution in [2.24, 2.45) is 0 Å². The lowest BCUT2D eigenvalue weighted by atomic mass is 9.92. The fourth-order valence-corrected chi connectivity index (χ4v) is 1.32. The van der Waals surface area contributed by atoms with E-state index in [9.17, 15) is 0 Å². The zero-order valence-corrected chi connectivity index (χ0v) is 8.40. The van der Waals surface area contributed by atoms with Crippen molar-refractivity contribution in [3.63, 3.8) is 0 Å². The highest BCUT2D eigenvalue weighted by molar-refractivity contribution is 6.08. The van der Waals surface area contributed by atoms with Gasteiger partial charge in [-0.1, -0.05) is 38.2 Å². The Morgan fingerprint density at radius 1 is 1.58 bits per heavy atom. The molecule has 0 aliphatic heterocycles. The van der Waals surface area contributed by atoms with Gasteiger partial charge in [-0.05, 0) is 19.9 Å². The van der Waals surface area contributed by atoms with Gasteiger partial charge in [0.05, 0.1) is 7.85 Å². The summed E-state index contributed by atoms with van der Waals surface area (Å²) in [5.41, 5.74) is 1.24. The molecule has 0 fully saturated rings. The lowest BCUT2D eigenvalue weighted by Gasteiger charge is -2.18. The Morgan fingerprint density at radius 2 is 2.25 bits per heavy atom. The lowest BCUT2D eigenvalue weighted by Crippen LogP contribution is -2.26. The zero-order valence-electron chi connectivity index (χ0n) is 8.40. The summed E-state index contributed by atoms with van der Waals surface area (Å²) in [6.07, 6.45) is 5.34. The highest BCUT2D eigenvalue weighted by atomic mass is 14.9. The topological polar surface area (TPSA) is 12.0 Å². The second-order valence-electron chi connectivity index (χ2n) is 3.18. The lowest BCUT2D eigenvalue weighted by molar-refractivity contribution is 0.547. The Bertz CT molecular complexity index is 123. The van der Waals surface area contributed by atoms with Crippen LogP contribution < -0.4 is 5.32 Å². The molecule has 1 nitrogen and oxygen atoms in total. The van der Waals surface area contributed by atoms with Crippen molar-refractivity contribution in [3.8, 4) is 0 Å². The molecule has 0 spiro atoms. The third-order valence-electron chi connectivity index (χ3n) is 2.15. The molecule has 2 heteroatoms. The molecule has 1 unspecified atom stereocenters. The standard InChI is InChI=1S/C10H20BN/c1-4-5-6-10(12-3)9(2)7-8-11/h10,12H,2,4-8H2,1,3H3. The molecule has 0 saturated carbocycles. The Hall–Kier alpha value is -0.235. The van der Waals surface area contributed by atoms with Gasteiger partial charge in [0.2, 0.25) is 0 Å². The first-order valence-corrected chi connectivity index (χ1v) is 4.81. The monoisotopic (exact) mass is 165 g/mol. The van der Waals surface area contributed by atoms with Crippen molar-refractivity contribution in [3.05, 3.63) is 12.2 Å². The van der Waals surface area contributed by atoms with Gasteiger partial charge in [-0.25, -0.2) is 0 Å². The van der Waals surface area contributed by atoms with Crippen molar-refractivity contribution < 1.29 is 0 Å². The van der Waals surface area contributed by atoms with Crippen LogP contribution in [0.15, 0.2) is 12.2 Å². The molecular formula is C10H20BN. The summed E-state index contributed by atoms with van der Waals surface area (Å²) in [4.78, 5) is 0. The van der Waals surface area contributed by atoms with E-state index in [0.29, 0.717) is 12.4 Å². The van der Waals surface area contributed by atoms with E-state index in [1.54, 1.807) is 0 Å². The van der Waals surface area contributed by atoms with E-state index < -0.39 is 0 Å². The molecule has 0 rings (SSSR count). The highest BCUT2D eigenvalue weighted by Gasteiger charge is 2.07. The van der Waals surface area contributed by atoms with Crippen molar-refractivity contribution in [2.45, 2.75) is 45.0 Å². The summed E-state index contributed by atoms with van der Waals surface area (Å²) in [6.45, 7) is 6.23. The Balaban J connectivity index is 3.71. The largest absolute Gasteiger partial charge is 0.313 e. The van der Waals surface area contributed by atoms with Crippen molar-refractivity contribution >= 4 is 7.85 Å². The number of rotatable bonds is 7. The summed E-state index contributed by atoms with van der Waals surface area (Å²) in [5.74, 6) is 0. The maximum atomic E-state index is 5.46. The molecule has 2 radical (unpaired) electrons. The predicted molar refractivity (Wildman–Crippen MR) is 56.7 cm³/mol. The van der Waals surface area contributed by atoms with Crippen LogP contribution in [-0.4, -0.2) is 20.9 Å². The molecule has 0 aliphatic carbocycles. The molecule has 0 saturated heterocycles. The molecule has 0 aromatic heterocycles. The van der Waals surface area contributed by atoms with E-state index in [-0.39, 0.29) is 0 Å². The Kier molecular flexibility index (Phi) is 7.27. The normalized spacial score (nSPS) is 12.8. The fourth-order valence-electron chi connectivity index (χ4n) is 1.32. The van der Waals surface area contributed by atoms with Gasteiger partial charge < -0.3 is 5.32 Å². The minimum absolute atomic E-state index is 0.466. The SMILES string of the molecule is [B]CCC(=C)C(CCCC)NC. The van der Waals surface area contributed by atoms with E-state index in [1.165, 1.54) is 24.8 Å². The van der Waals surface area contributed by atoms with Crippen LogP contribution in [0.4, 0.5) is 0 Å². The number of nitrogens with one attached hydrogen (secondary N) is 1.